The number of rotatable bonds is 5. The summed E-state index contributed by atoms with van der Waals surface area (Å²) in [4.78, 5) is 26.8. The number of hydrogen-bond donors (Lipinski definition) is 1. The van der Waals surface area contributed by atoms with Crippen molar-refractivity contribution in [1.82, 2.24) is 4.90 Å². The summed E-state index contributed by atoms with van der Waals surface area (Å²) < 4.78 is 57.1. The lowest BCUT2D eigenvalue weighted by Crippen LogP contribution is -2.32. The molecule has 1 N–H and O–H groups in total. The van der Waals surface area contributed by atoms with Gasteiger partial charge in [-0.25, -0.2) is 4.79 Å². The molecule has 0 aliphatic carbocycles. The van der Waals surface area contributed by atoms with Crippen molar-refractivity contribution in [3.8, 4) is 17.2 Å². The molecule has 0 spiro atoms. The number of hydrogen-bond acceptors (Lipinski definition) is 7. The molecule has 1 saturated heterocycles. The first-order valence-electron chi connectivity index (χ1n) is 11.1. The summed E-state index contributed by atoms with van der Waals surface area (Å²) >= 11 is 0. The average Bonchev–Trinajstić information content (AvgIpc) is 2.83. The van der Waals surface area contributed by atoms with Gasteiger partial charge >= 0.3 is 12.1 Å². The first-order chi connectivity index (χ1) is 16.6. The van der Waals surface area contributed by atoms with E-state index in [9.17, 15) is 27.9 Å². The minimum absolute atomic E-state index is 0.101. The first kappa shape index (κ1) is 24.6. The van der Waals surface area contributed by atoms with Crippen LogP contribution in [0.5, 0.6) is 17.2 Å². The van der Waals surface area contributed by atoms with Crippen LogP contribution in [-0.4, -0.2) is 36.2 Å². The van der Waals surface area contributed by atoms with Crippen molar-refractivity contribution < 1.29 is 37.0 Å². The van der Waals surface area contributed by atoms with Crippen LogP contribution in [0, 0.1) is 5.92 Å². The number of piperidine rings is 1. The Morgan fingerprint density at radius 2 is 1.80 bits per heavy atom. The summed E-state index contributed by atoms with van der Waals surface area (Å²) in [5.41, 5.74) is -1.07. The summed E-state index contributed by atoms with van der Waals surface area (Å²) in [6.45, 7) is 3.71. The second-order valence-corrected chi connectivity index (χ2v) is 8.60. The zero-order chi connectivity index (χ0) is 25.3. The molecule has 2 aromatic carbocycles. The maximum absolute atomic E-state index is 14.0. The normalized spacial score (nSPS) is 15.3. The van der Waals surface area contributed by atoms with Crippen LogP contribution in [0.15, 0.2) is 45.6 Å². The van der Waals surface area contributed by atoms with E-state index in [1.54, 1.807) is 0 Å². The van der Waals surface area contributed by atoms with Crippen molar-refractivity contribution in [3.05, 3.63) is 63.5 Å². The monoisotopic (exact) mass is 491 g/mol. The zero-order valence-corrected chi connectivity index (χ0v) is 19.1. The summed E-state index contributed by atoms with van der Waals surface area (Å²) in [5, 5.41) is 10.3. The molecule has 7 nitrogen and oxygen atoms in total. The Hall–Kier alpha value is -3.53. The van der Waals surface area contributed by atoms with Crippen LogP contribution in [0.3, 0.4) is 0 Å². The number of likely N-dealkylation sites (tertiary alicyclic amines) is 1. The molecule has 1 fully saturated rings. The number of fused-ring (bicyclic) bond motifs is 1. The molecular formula is C25H24F3NO6. The third kappa shape index (κ3) is 5.12. The summed E-state index contributed by atoms with van der Waals surface area (Å²) in [6.07, 6.45) is -3.19. The number of carbonyl (C=O) groups excluding carboxylic acids is 1. The Bertz CT molecular complexity index is 1290. The molecule has 4 rings (SSSR count). The number of aromatic hydroxyl groups is 1. The van der Waals surface area contributed by atoms with E-state index >= 15 is 0 Å². The highest BCUT2D eigenvalue weighted by Crippen LogP contribution is 2.40. The molecule has 0 unspecified atom stereocenters. The number of phenols is 1. The van der Waals surface area contributed by atoms with Gasteiger partial charge in [0.2, 0.25) is 11.2 Å². The Balaban J connectivity index is 1.78. The van der Waals surface area contributed by atoms with Crippen LogP contribution in [0.1, 0.15) is 41.4 Å². The molecule has 3 aromatic rings. The van der Waals surface area contributed by atoms with Gasteiger partial charge in [0.1, 0.15) is 17.1 Å². The smallest absolute Gasteiger partial charge is 0.453 e. The third-order valence-corrected chi connectivity index (χ3v) is 6.11. The van der Waals surface area contributed by atoms with E-state index in [-0.39, 0.29) is 40.1 Å². The van der Waals surface area contributed by atoms with Gasteiger partial charge in [-0.3, -0.25) is 9.69 Å². The molecule has 0 saturated carbocycles. The van der Waals surface area contributed by atoms with Crippen molar-refractivity contribution in [2.45, 2.75) is 32.5 Å². The van der Waals surface area contributed by atoms with Crippen molar-refractivity contribution in [2.75, 3.05) is 20.2 Å². The second-order valence-electron chi connectivity index (χ2n) is 8.60. The molecule has 0 amide bonds. The quantitative estimate of drug-likeness (QED) is 0.483. The van der Waals surface area contributed by atoms with Gasteiger partial charge in [-0.05, 0) is 68.2 Å². The van der Waals surface area contributed by atoms with Crippen LogP contribution in [0.25, 0.3) is 11.0 Å². The zero-order valence-electron chi connectivity index (χ0n) is 19.1. The number of phenolic OH excluding ortho intramolecular Hbond substituents is 1. The lowest BCUT2D eigenvalue weighted by Gasteiger charge is -2.30. The minimum Gasteiger partial charge on any atom is -0.507 e. The fourth-order valence-electron chi connectivity index (χ4n) is 4.06. The van der Waals surface area contributed by atoms with Gasteiger partial charge in [-0.1, -0.05) is 6.92 Å². The van der Waals surface area contributed by atoms with Gasteiger partial charge < -0.3 is 19.0 Å². The van der Waals surface area contributed by atoms with E-state index in [0.29, 0.717) is 5.92 Å². The average molecular weight is 491 g/mol. The largest absolute Gasteiger partial charge is 0.507 e. The summed E-state index contributed by atoms with van der Waals surface area (Å²) in [7, 11) is 1.19. The Morgan fingerprint density at radius 1 is 1.14 bits per heavy atom. The van der Waals surface area contributed by atoms with Gasteiger partial charge in [0.05, 0.1) is 23.6 Å². The minimum atomic E-state index is -5.04. The molecule has 2 heterocycles. The highest BCUT2D eigenvalue weighted by Gasteiger charge is 2.41. The molecular weight excluding hydrogens is 467 g/mol. The molecule has 0 bridgehead atoms. The second kappa shape index (κ2) is 9.61. The van der Waals surface area contributed by atoms with Crippen molar-refractivity contribution in [3.63, 3.8) is 0 Å². The van der Waals surface area contributed by atoms with E-state index in [1.807, 2.05) is 4.90 Å². The molecule has 1 aromatic heterocycles. The molecule has 1 aliphatic rings. The van der Waals surface area contributed by atoms with Gasteiger partial charge in [0, 0.05) is 6.54 Å². The Kier molecular flexibility index (Phi) is 6.75. The number of nitrogens with zero attached hydrogens (tertiary/aromatic N) is 1. The topological polar surface area (TPSA) is 89.2 Å². The molecule has 10 heteroatoms. The van der Waals surface area contributed by atoms with Gasteiger partial charge in [0.15, 0.2) is 0 Å². The summed E-state index contributed by atoms with van der Waals surface area (Å²) in [6, 6.07) is 7.57. The number of ether oxygens (including phenoxy) is 2. The lowest BCUT2D eigenvalue weighted by molar-refractivity contribution is -0.154. The molecule has 0 atom stereocenters. The number of alkyl halides is 3. The predicted octanol–water partition coefficient (Wildman–Crippen LogP) is 5.33. The third-order valence-electron chi connectivity index (χ3n) is 6.11. The van der Waals surface area contributed by atoms with Crippen LogP contribution >= 0.6 is 0 Å². The first-order valence-corrected chi connectivity index (χ1v) is 11.1. The van der Waals surface area contributed by atoms with E-state index in [4.69, 9.17) is 9.15 Å². The van der Waals surface area contributed by atoms with Crippen molar-refractivity contribution in [2.24, 2.45) is 5.92 Å². The maximum atomic E-state index is 14.0. The Labute approximate surface area is 198 Å². The van der Waals surface area contributed by atoms with Gasteiger partial charge in [0.25, 0.3) is 5.76 Å². The van der Waals surface area contributed by atoms with E-state index in [0.717, 1.165) is 25.9 Å². The standard InChI is InChI=1S/C25H24F3NO6/c1-14-9-11-29(12-10-14)13-18-19(30)8-7-17-20(31)22(23(25(26,27)28)35-21(17)18)34-16-5-3-15(4-6-16)24(32)33-2/h3-8,14,30H,9-13H2,1-2H3. The lowest BCUT2D eigenvalue weighted by atomic mass is 9.98. The molecule has 0 radical (unpaired) electrons. The highest BCUT2D eigenvalue weighted by atomic mass is 19.4. The van der Waals surface area contributed by atoms with E-state index < -0.39 is 29.1 Å². The predicted molar refractivity (Wildman–Crippen MR) is 121 cm³/mol. The molecule has 35 heavy (non-hydrogen) atoms. The van der Waals surface area contributed by atoms with Gasteiger partial charge in [-0.2, -0.15) is 13.2 Å². The number of methoxy groups -OCH3 is 1. The fraction of sp³-hybridized carbons (Fsp3) is 0.360. The number of halogens is 3. The fourth-order valence-corrected chi connectivity index (χ4v) is 4.06. The van der Waals surface area contributed by atoms with Crippen molar-refractivity contribution in [1.29, 1.82) is 0 Å². The van der Waals surface area contributed by atoms with Crippen molar-refractivity contribution >= 4 is 16.9 Å². The van der Waals surface area contributed by atoms with Crippen LogP contribution < -0.4 is 10.2 Å². The number of esters is 1. The van der Waals surface area contributed by atoms with Crippen LogP contribution in [0.2, 0.25) is 0 Å². The number of benzene rings is 2. The van der Waals surface area contributed by atoms with Gasteiger partial charge in [-0.15, -0.1) is 0 Å². The van der Waals surface area contributed by atoms with E-state index in [1.165, 1.54) is 43.5 Å². The molecule has 1 aliphatic heterocycles. The number of carbonyl (C=O) groups is 1. The highest BCUT2D eigenvalue weighted by molar-refractivity contribution is 5.89. The van der Waals surface area contributed by atoms with Crippen LogP contribution in [-0.2, 0) is 17.5 Å². The van der Waals surface area contributed by atoms with Crippen LogP contribution in [0.4, 0.5) is 13.2 Å². The summed E-state index contributed by atoms with van der Waals surface area (Å²) in [5.74, 6) is -3.07. The Morgan fingerprint density at radius 3 is 2.40 bits per heavy atom. The van der Waals surface area contributed by atoms with E-state index in [2.05, 4.69) is 11.7 Å². The SMILES string of the molecule is COC(=O)c1ccc(Oc2c(C(F)(F)F)oc3c(CN4CCC(C)CC4)c(O)ccc3c2=O)cc1. The maximum Gasteiger partial charge on any atom is 0.453 e. The molecule has 186 valence electrons.